The lowest BCUT2D eigenvalue weighted by atomic mass is 10.1. The second-order valence-corrected chi connectivity index (χ2v) is 7.37. The van der Waals surface area contributed by atoms with Gasteiger partial charge in [0.2, 0.25) is 5.91 Å². The number of carbonyl (C=O) groups is 1. The molecule has 4 heteroatoms. The van der Waals surface area contributed by atoms with Gasteiger partial charge in [-0.15, -0.1) is 11.8 Å². The maximum atomic E-state index is 11.7. The van der Waals surface area contributed by atoms with Gasteiger partial charge in [-0.05, 0) is 32.4 Å². The zero-order valence-electron chi connectivity index (χ0n) is 13.8. The Labute approximate surface area is 135 Å². The van der Waals surface area contributed by atoms with E-state index in [1.54, 1.807) is 0 Å². The highest BCUT2D eigenvalue weighted by Gasteiger charge is 2.14. The summed E-state index contributed by atoms with van der Waals surface area (Å²) in [5.41, 5.74) is 0. The van der Waals surface area contributed by atoms with Crippen molar-refractivity contribution in [2.75, 3.05) is 25.4 Å². The van der Waals surface area contributed by atoms with E-state index in [9.17, 15) is 4.79 Å². The van der Waals surface area contributed by atoms with E-state index in [0.29, 0.717) is 11.0 Å². The maximum absolute atomic E-state index is 11.7. The van der Waals surface area contributed by atoms with Gasteiger partial charge in [0.15, 0.2) is 0 Å². The van der Waals surface area contributed by atoms with Crippen LogP contribution in [-0.4, -0.2) is 36.5 Å². The average molecular weight is 315 g/mol. The van der Waals surface area contributed by atoms with Gasteiger partial charge in [-0.2, -0.15) is 0 Å². The van der Waals surface area contributed by atoms with Crippen LogP contribution in [0.2, 0.25) is 0 Å². The van der Waals surface area contributed by atoms with Crippen molar-refractivity contribution < 1.29 is 4.79 Å². The van der Waals surface area contributed by atoms with E-state index in [2.05, 4.69) is 17.6 Å². The molecular weight excluding hydrogens is 280 g/mol. The van der Waals surface area contributed by atoms with Crippen molar-refractivity contribution in [2.24, 2.45) is 0 Å². The third kappa shape index (κ3) is 11.1. The van der Waals surface area contributed by atoms with E-state index in [1.807, 2.05) is 11.8 Å². The van der Waals surface area contributed by atoms with Crippen LogP contribution in [-0.2, 0) is 4.79 Å². The molecule has 1 rings (SSSR count). The third-order valence-corrected chi connectivity index (χ3v) is 5.46. The minimum absolute atomic E-state index is 0.224. The number of carbonyl (C=O) groups excluding carboxylic acids is 1. The summed E-state index contributed by atoms with van der Waals surface area (Å²) in [5.74, 6) is 0.864. The molecular formula is C17H34N2OS. The lowest BCUT2D eigenvalue weighted by Gasteiger charge is -2.21. The first-order valence-electron chi connectivity index (χ1n) is 8.92. The van der Waals surface area contributed by atoms with Gasteiger partial charge in [0, 0.05) is 11.8 Å². The summed E-state index contributed by atoms with van der Waals surface area (Å²) in [6.45, 7) is 5.34. The molecule has 0 aliphatic carbocycles. The summed E-state index contributed by atoms with van der Waals surface area (Å²) < 4.78 is 0. The maximum Gasteiger partial charge on any atom is 0.230 e. The second kappa shape index (κ2) is 13.4. The van der Waals surface area contributed by atoms with Crippen LogP contribution in [0.1, 0.15) is 71.1 Å². The van der Waals surface area contributed by atoms with Crippen molar-refractivity contribution in [1.29, 1.82) is 0 Å². The lowest BCUT2D eigenvalue weighted by molar-refractivity contribution is -0.118. The number of piperidine rings is 1. The fraction of sp³-hybridized carbons (Fsp3) is 0.941. The van der Waals surface area contributed by atoms with Gasteiger partial charge < -0.3 is 10.6 Å². The summed E-state index contributed by atoms with van der Waals surface area (Å²) in [6.07, 6.45) is 13.0. The minimum Gasteiger partial charge on any atom is -0.355 e. The minimum atomic E-state index is 0.224. The van der Waals surface area contributed by atoms with Gasteiger partial charge in [0.05, 0.1) is 5.75 Å². The van der Waals surface area contributed by atoms with Crippen molar-refractivity contribution in [3.63, 3.8) is 0 Å². The molecule has 0 unspecified atom stereocenters. The Morgan fingerprint density at radius 3 is 2.33 bits per heavy atom. The van der Waals surface area contributed by atoms with Crippen molar-refractivity contribution in [3.05, 3.63) is 0 Å². The molecule has 1 aliphatic heterocycles. The summed E-state index contributed by atoms with van der Waals surface area (Å²) in [4.78, 5) is 11.7. The third-order valence-electron chi connectivity index (χ3n) is 4.09. The van der Waals surface area contributed by atoms with Gasteiger partial charge in [-0.1, -0.05) is 51.9 Å². The van der Waals surface area contributed by atoms with E-state index in [0.717, 1.165) is 26.1 Å². The quantitative estimate of drug-likeness (QED) is 0.539. The molecule has 1 fully saturated rings. The standard InChI is InChI=1S/C17H34N2OS/c1-2-3-4-5-6-7-8-9-12-19-17(20)15-21-16-10-13-18-14-11-16/h16,18H,2-15H2,1H3,(H,19,20). The number of hydrogen-bond acceptors (Lipinski definition) is 3. The zero-order valence-corrected chi connectivity index (χ0v) is 14.6. The van der Waals surface area contributed by atoms with Crippen LogP contribution in [0.3, 0.4) is 0 Å². The van der Waals surface area contributed by atoms with Gasteiger partial charge in [0.25, 0.3) is 0 Å². The predicted octanol–water partition coefficient (Wildman–Crippen LogP) is 3.73. The molecule has 124 valence electrons. The first-order chi connectivity index (χ1) is 10.3. The van der Waals surface area contributed by atoms with Gasteiger partial charge >= 0.3 is 0 Å². The van der Waals surface area contributed by atoms with Gasteiger partial charge in [0.1, 0.15) is 0 Å². The average Bonchev–Trinajstić information content (AvgIpc) is 2.52. The molecule has 0 bridgehead atoms. The Kier molecular flexibility index (Phi) is 12.1. The number of thioether (sulfide) groups is 1. The van der Waals surface area contributed by atoms with Crippen LogP contribution >= 0.6 is 11.8 Å². The normalized spacial score (nSPS) is 16.0. The van der Waals surface area contributed by atoms with Crippen molar-refractivity contribution >= 4 is 17.7 Å². The molecule has 3 nitrogen and oxygen atoms in total. The number of hydrogen-bond donors (Lipinski definition) is 2. The Morgan fingerprint density at radius 2 is 1.67 bits per heavy atom. The van der Waals surface area contributed by atoms with Crippen LogP contribution in [0.15, 0.2) is 0 Å². The van der Waals surface area contributed by atoms with E-state index >= 15 is 0 Å². The Balaban J connectivity index is 1.82. The van der Waals surface area contributed by atoms with Crippen molar-refractivity contribution in [3.8, 4) is 0 Å². The van der Waals surface area contributed by atoms with Crippen molar-refractivity contribution in [1.82, 2.24) is 10.6 Å². The van der Waals surface area contributed by atoms with Gasteiger partial charge in [-0.3, -0.25) is 4.79 Å². The first kappa shape index (κ1) is 18.8. The highest BCUT2D eigenvalue weighted by Crippen LogP contribution is 2.19. The predicted molar refractivity (Wildman–Crippen MR) is 94.0 cm³/mol. The fourth-order valence-corrected chi connectivity index (χ4v) is 3.75. The molecule has 1 saturated heterocycles. The van der Waals surface area contributed by atoms with Crippen LogP contribution in [0, 0.1) is 0 Å². The Morgan fingerprint density at radius 1 is 1.05 bits per heavy atom. The van der Waals surface area contributed by atoms with E-state index in [1.165, 1.54) is 57.8 Å². The largest absolute Gasteiger partial charge is 0.355 e. The SMILES string of the molecule is CCCCCCCCCCNC(=O)CSC1CCNCC1. The highest BCUT2D eigenvalue weighted by atomic mass is 32.2. The van der Waals surface area contributed by atoms with Crippen LogP contribution in [0.25, 0.3) is 0 Å². The molecule has 0 atom stereocenters. The smallest absolute Gasteiger partial charge is 0.230 e. The number of amides is 1. The molecule has 0 aromatic rings. The van der Waals surface area contributed by atoms with Crippen LogP contribution < -0.4 is 10.6 Å². The Hall–Kier alpha value is -0.220. The first-order valence-corrected chi connectivity index (χ1v) is 9.97. The highest BCUT2D eigenvalue weighted by molar-refractivity contribution is 8.00. The van der Waals surface area contributed by atoms with Crippen LogP contribution in [0.4, 0.5) is 0 Å². The molecule has 1 aliphatic rings. The molecule has 0 aromatic carbocycles. The lowest BCUT2D eigenvalue weighted by Crippen LogP contribution is -2.31. The fourth-order valence-electron chi connectivity index (χ4n) is 2.69. The Bertz CT molecular complexity index is 255. The second-order valence-electron chi connectivity index (χ2n) is 6.09. The topological polar surface area (TPSA) is 41.1 Å². The van der Waals surface area contributed by atoms with E-state index in [-0.39, 0.29) is 5.91 Å². The summed E-state index contributed by atoms with van der Waals surface area (Å²) in [6, 6.07) is 0. The molecule has 1 amide bonds. The number of rotatable bonds is 12. The molecule has 0 spiro atoms. The molecule has 21 heavy (non-hydrogen) atoms. The zero-order chi connectivity index (χ0) is 15.2. The number of nitrogens with one attached hydrogen (secondary N) is 2. The van der Waals surface area contributed by atoms with Gasteiger partial charge in [-0.25, -0.2) is 0 Å². The van der Waals surface area contributed by atoms with E-state index in [4.69, 9.17) is 0 Å². The molecule has 0 aromatic heterocycles. The molecule has 2 N–H and O–H groups in total. The monoisotopic (exact) mass is 314 g/mol. The molecule has 0 radical (unpaired) electrons. The number of unbranched alkanes of at least 4 members (excludes halogenated alkanes) is 7. The van der Waals surface area contributed by atoms with E-state index < -0.39 is 0 Å². The summed E-state index contributed by atoms with van der Waals surface area (Å²) in [5, 5.41) is 7.10. The van der Waals surface area contributed by atoms with Crippen LogP contribution in [0.5, 0.6) is 0 Å². The molecule has 0 saturated carbocycles. The summed E-state index contributed by atoms with van der Waals surface area (Å²) in [7, 11) is 0. The van der Waals surface area contributed by atoms with Crippen molar-refractivity contribution in [2.45, 2.75) is 76.4 Å². The summed E-state index contributed by atoms with van der Waals surface area (Å²) >= 11 is 1.83. The molecule has 1 heterocycles.